The molecule has 12 heteroatoms. The van der Waals surface area contributed by atoms with Crippen LogP contribution in [0.4, 0.5) is 25.0 Å². The number of carbonyl (C=O) groups is 1. The molecule has 4 rings (SSSR count). The van der Waals surface area contributed by atoms with Crippen LogP contribution in [0.15, 0.2) is 70.7 Å². The van der Waals surface area contributed by atoms with E-state index in [2.05, 4.69) is 9.97 Å². The molecule has 1 amide bonds. The molecular formula is C23H18F2N4O5S. The van der Waals surface area contributed by atoms with E-state index in [1.807, 2.05) is 0 Å². The van der Waals surface area contributed by atoms with Crippen molar-refractivity contribution in [3.63, 3.8) is 0 Å². The Bertz CT molecular complexity index is 1610. The number of pyridine rings is 1. The molecule has 0 spiro atoms. The van der Waals surface area contributed by atoms with Gasteiger partial charge in [0.1, 0.15) is 29.6 Å². The highest BCUT2D eigenvalue weighted by molar-refractivity contribution is 7.90. The minimum absolute atomic E-state index is 0.0219. The van der Waals surface area contributed by atoms with E-state index in [4.69, 9.17) is 4.74 Å². The first-order valence-corrected chi connectivity index (χ1v) is 12.0. The molecule has 9 nitrogen and oxygen atoms in total. The van der Waals surface area contributed by atoms with E-state index >= 15 is 0 Å². The highest BCUT2D eigenvalue weighted by Gasteiger charge is 2.27. The van der Waals surface area contributed by atoms with Crippen molar-refractivity contribution in [1.82, 2.24) is 14.5 Å². The van der Waals surface area contributed by atoms with Gasteiger partial charge in [-0.1, -0.05) is 30.3 Å². The first-order valence-electron chi connectivity index (χ1n) is 10.1. The van der Waals surface area contributed by atoms with E-state index in [1.54, 1.807) is 30.3 Å². The van der Waals surface area contributed by atoms with Crippen LogP contribution < -0.4 is 10.5 Å². The van der Waals surface area contributed by atoms with E-state index in [-0.39, 0.29) is 23.3 Å². The number of nitrogens with zero attached hydrogens (tertiary/aromatic N) is 4. The SMILES string of the molecule is Cn1c(=O)c(N(C(=O)OCc2ccccc2)c2ccc(F)cc2F)cc2cnc(S(C)(=O)=O)nc21. The molecule has 0 saturated carbocycles. The maximum atomic E-state index is 14.8. The molecule has 0 saturated heterocycles. The van der Waals surface area contributed by atoms with Crippen LogP contribution in [0.25, 0.3) is 11.0 Å². The number of rotatable bonds is 5. The van der Waals surface area contributed by atoms with Gasteiger partial charge in [-0.2, -0.15) is 4.98 Å². The lowest BCUT2D eigenvalue weighted by atomic mass is 10.2. The van der Waals surface area contributed by atoms with E-state index in [0.717, 1.165) is 29.2 Å². The lowest BCUT2D eigenvalue weighted by molar-refractivity contribution is 0.149. The first-order chi connectivity index (χ1) is 16.6. The molecular weight excluding hydrogens is 482 g/mol. The van der Waals surface area contributed by atoms with Gasteiger partial charge in [0.15, 0.2) is 0 Å². The summed E-state index contributed by atoms with van der Waals surface area (Å²) in [6, 6.07) is 12.4. The number of fused-ring (bicyclic) bond motifs is 1. The van der Waals surface area contributed by atoms with Crippen molar-refractivity contribution in [3.05, 3.63) is 88.3 Å². The van der Waals surface area contributed by atoms with Crippen molar-refractivity contribution < 1.29 is 26.7 Å². The molecule has 0 aliphatic heterocycles. The van der Waals surface area contributed by atoms with Crippen LogP contribution in [0.1, 0.15) is 5.56 Å². The molecule has 0 atom stereocenters. The van der Waals surface area contributed by atoms with Gasteiger partial charge in [0.25, 0.3) is 5.56 Å². The molecule has 0 N–H and O–H groups in total. The highest BCUT2D eigenvalue weighted by atomic mass is 32.2. The number of hydrogen-bond acceptors (Lipinski definition) is 7. The molecule has 180 valence electrons. The van der Waals surface area contributed by atoms with Crippen LogP contribution in [0.3, 0.4) is 0 Å². The van der Waals surface area contributed by atoms with Gasteiger partial charge >= 0.3 is 6.09 Å². The Morgan fingerprint density at radius 3 is 2.46 bits per heavy atom. The largest absolute Gasteiger partial charge is 0.444 e. The predicted octanol–water partition coefficient (Wildman–Crippen LogP) is 3.49. The third-order valence-corrected chi connectivity index (χ3v) is 5.88. The van der Waals surface area contributed by atoms with Crippen LogP contribution in [0.2, 0.25) is 0 Å². The number of benzene rings is 2. The number of ether oxygens (including phenoxy) is 1. The summed E-state index contributed by atoms with van der Waals surface area (Å²) in [6.45, 7) is -0.173. The number of anilines is 2. The lowest BCUT2D eigenvalue weighted by Crippen LogP contribution is -2.34. The number of sulfone groups is 1. The van der Waals surface area contributed by atoms with Crippen LogP contribution in [0.5, 0.6) is 0 Å². The van der Waals surface area contributed by atoms with Crippen molar-refractivity contribution in [2.24, 2.45) is 7.05 Å². The number of aryl methyl sites for hydroxylation is 1. The van der Waals surface area contributed by atoms with Gasteiger partial charge in [0, 0.05) is 31.0 Å². The number of aromatic nitrogens is 3. The molecule has 0 aliphatic rings. The second-order valence-corrected chi connectivity index (χ2v) is 9.48. The summed E-state index contributed by atoms with van der Waals surface area (Å²) in [7, 11) is -2.45. The average molecular weight is 500 g/mol. The zero-order valence-electron chi connectivity index (χ0n) is 18.5. The van der Waals surface area contributed by atoms with Gasteiger partial charge in [-0.15, -0.1) is 0 Å². The smallest absolute Gasteiger partial charge is 0.419 e. The first kappa shape index (κ1) is 24.0. The van der Waals surface area contributed by atoms with Crippen LogP contribution >= 0.6 is 0 Å². The Morgan fingerprint density at radius 1 is 1.09 bits per heavy atom. The van der Waals surface area contributed by atoms with Gasteiger partial charge in [-0.05, 0) is 23.8 Å². The van der Waals surface area contributed by atoms with E-state index < -0.39 is 44.0 Å². The van der Waals surface area contributed by atoms with Gasteiger partial charge in [0.05, 0.1) is 5.69 Å². The third-order valence-electron chi connectivity index (χ3n) is 5.02. The number of hydrogen-bond donors (Lipinski definition) is 0. The van der Waals surface area contributed by atoms with Crippen molar-refractivity contribution in [3.8, 4) is 0 Å². The molecule has 2 aromatic heterocycles. The number of halogens is 2. The van der Waals surface area contributed by atoms with Gasteiger partial charge in [-0.3, -0.25) is 9.36 Å². The van der Waals surface area contributed by atoms with Crippen LogP contribution in [-0.2, 0) is 28.2 Å². The monoisotopic (exact) mass is 500 g/mol. The van der Waals surface area contributed by atoms with Crippen LogP contribution in [0, 0.1) is 11.6 Å². The maximum Gasteiger partial charge on any atom is 0.419 e. The Balaban J connectivity index is 1.86. The van der Waals surface area contributed by atoms with Gasteiger partial charge in [0.2, 0.25) is 15.0 Å². The molecule has 4 aromatic rings. The molecule has 0 aliphatic carbocycles. The zero-order chi connectivity index (χ0) is 25.3. The molecule has 2 heterocycles. The Kier molecular flexibility index (Phi) is 6.31. The number of amides is 1. The van der Waals surface area contributed by atoms with Crippen molar-refractivity contribution in [2.45, 2.75) is 11.8 Å². The summed E-state index contributed by atoms with van der Waals surface area (Å²) in [5.41, 5.74) is -0.940. The molecule has 0 radical (unpaired) electrons. The summed E-state index contributed by atoms with van der Waals surface area (Å²) < 4.78 is 58.3. The fourth-order valence-electron chi connectivity index (χ4n) is 3.33. The van der Waals surface area contributed by atoms with Gasteiger partial charge in [-0.25, -0.2) is 31.9 Å². The molecule has 0 bridgehead atoms. The minimum atomic E-state index is -3.76. The average Bonchev–Trinajstić information content (AvgIpc) is 2.82. The molecule has 0 unspecified atom stereocenters. The van der Waals surface area contributed by atoms with Crippen molar-refractivity contribution in [1.29, 1.82) is 0 Å². The Morgan fingerprint density at radius 2 is 1.80 bits per heavy atom. The van der Waals surface area contributed by atoms with E-state index in [1.165, 1.54) is 13.1 Å². The Hall–Kier alpha value is -4.19. The third kappa shape index (κ3) is 4.87. The topological polar surface area (TPSA) is 111 Å². The molecule has 0 fully saturated rings. The number of carbonyl (C=O) groups excluding carboxylic acids is 1. The summed E-state index contributed by atoms with van der Waals surface area (Å²) in [5, 5.41) is -0.297. The Labute approximate surface area is 198 Å². The molecule has 2 aromatic carbocycles. The van der Waals surface area contributed by atoms with Gasteiger partial charge < -0.3 is 4.74 Å². The van der Waals surface area contributed by atoms with Crippen molar-refractivity contribution in [2.75, 3.05) is 11.2 Å². The van der Waals surface area contributed by atoms with Crippen molar-refractivity contribution >= 4 is 38.3 Å². The summed E-state index contributed by atoms with van der Waals surface area (Å²) in [4.78, 5) is 34.8. The fraction of sp³-hybridized carbons (Fsp3) is 0.130. The minimum Gasteiger partial charge on any atom is -0.444 e. The van der Waals surface area contributed by atoms with E-state index in [0.29, 0.717) is 16.5 Å². The summed E-state index contributed by atoms with van der Waals surface area (Å²) in [5.74, 6) is -1.98. The quantitative estimate of drug-likeness (QED) is 0.386. The second-order valence-electron chi connectivity index (χ2n) is 7.57. The maximum absolute atomic E-state index is 14.8. The fourth-order valence-corrected chi connectivity index (χ4v) is 3.82. The van der Waals surface area contributed by atoms with E-state index in [9.17, 15) is 26.8 Å². The molecule has 35 heavy (non-hydrogen) atoms. The zero-order valence-corrected chi connectivity index (χ0v) is 19.3. The normalized spacial score (nSPS) is 11.4. The predicted molar refractivity (Wildman–Crippen MR) is 123 cm³/mol. The second kappa shape index (κ2) is 9.22. The summed E-state index contributed by atoms with van der Waals surface area (Å²) >= 11 is 0. The van der Waals surface area contributed by atoms with Crippen LogP contribution in [-0.4, -0.2) is 35.3 Å². The summed E-state index contributed by atoms with van der Waals surface area (Å²) in [6.07, 6.45) is 0.989. The lowest BCUT2D eigenvalue weighted by Gasteiger charge is -2.23. The standard InChI is InChI=1S/C23H18F2N4O5S/c1-28-20-15(12-26-22(27-20)35(2,32)33)10-19(21(28)30)29(18-9-8-16(24)11-17(18)25)23(31)34-13-14-6-4-3-5-7-14/h3-12H,13H2,1-2H3. The highest BCUT2D eigenvalue weighted by Crippen LogP contribution is 2.29.